The molecule has 0 spiro atoms. The van der Waals surface area contributed by atoms with Crippen molar-refractivity contribution in [1.82, 2.24) is 14.4 Å². The minimum absolute atomic E-state index is 0.164. The number of rotatable bonds is 5. The van der Waals surface area contributed by atoms with Gasteiger partial charge >= 0.3 is 0 Å². The molecule has 0 radical (unpaired) electrons. The molecule has 0 saturated carbocycles. The fourth-order valence-electron chi connectivity index (χ4n) is 3.99. The molecule has 5 nitrogen and oxygen atoms in total. The number of hydrogen-bond donors (Lipinski definition) is 0. The highest BCUT2D eigenvalue weighted by Gasteiger charge is 2.23. The summed E-state index contributed by atoms with van der Waals surface area (Å²) in [7, 11) is 2.05. The molecule has 0 aliphatic carbocycles. The highest BCUT2D eigenvalue weighted by Crippen LogP contribution is 2.25. The van der Waals surface area contributed by atoms with Crippen molar-refractivity contribution >= 4 is 22.7 Å². The lowest BCUT2D eigenvalue weighted by Gasteiger charge is -2.22. The second-order valence-corrected chi connectivity index (χ2v) is 7.54. The monoisotopic (exact) mass is 369 g/mol. The van der Waals surface area contributed by atoms with Crippen LogP contribution in [0.3, 0.4) is 0 Å². The van der Waals surface area contributed by atoms with Gasteiger partial charge in [0, 0.05) is 56.2 Å². The fourth-order valence-corrected chi connectivity index (χ4v) is 3.99. The third kappa shape index (κ3) is 4.18. The van der Waals surface area contributed by atoms with Crippen molar-refractivity contribution in [2.24, 2.45) is 7.05 Å². The summed E-state index contributed by atoms with van der Waals surface area (Å²) in [5.74, 6) is 0.397. The topological polar surface area (TPSA) is 45.6 Å². The zero-order valence-corrected chi connectivity index (χ0v) is 16.8. The van der Waals surface area contributed by atoms with Crippen molar-refractivity contribution in [3.8, 4) is 0 Å². The van der Waals surface area contributed by atoms with E-state index in [4.69, 9.17) is 0 Å². The molecule has 3 rings (SSSR count). The van der Waals surface area contributed by atoms with Crippen molar-refractivity contribution in [1.29, 1.82) is 0 Å². The molecular weight excluding hydrogens is 338 g/mol. The van der Waals surface area contributed by atoms with Gasteiger partial charge in [-0.05, 0) is 31.4 Å². The Labute approximate surface area is 161 Å². The van der Waals surface area contributed by atoms with E-state index in [9.17, 15) is 9.59 Å². The molecule has 0 bridgehead atoms. The number of para-hydroxylation sites is 1. The van der Waals surface area contributed by atoms with Gasteiger partial charge in [-0.15, -0.1) is 0 Å². The van der Waals surface area contributed by atoms with Crippen LogP contribution in [0.5, 0.6) is 0 Å². The average molecular weight is 370 g/mol. The minimum atomic E-state index is 0.164. The van der Waals surface area contributed by atoms with Crippen molar-refractivity contribution < 1.29 is 9.59 Å². The van der Waals surface area contributed by atoms with Crippen molar-refractivity contribution in [2.75, 3.05) is 26.2 Å². The number of aryl methyl sites for hydroxylation is 1. The highest BCUT2D eigenvalue weighted by molar-refractivity contribution is 5.90. The number of fused-ring (bicyclic) bond motifs is 1. The lowest BCUT2D eigenvalue weighted by atomic mass is 10.1. The maximum Gasteiger partial charge on any atom is 0.227 e. The SMILES string of the molecule is CCCCC(=O)N1CCCN(C(=O)Cc2c(C)n(C)c3ccccc23)CC1. The smallest absolute Gasteiger partial charge is 0.227 e. The Morgan fingerprint density at radius 2 is 1.67 bits per heavy atom. The van der Waals surface area contributed by atoms with Gasteiger partial charge in [0.15, 0.2) is 0 Å². The normalized spacial score (nSPS) is 15.2. The average Bonchev–Trinajstić information content (AvgIpc) is 2.87. The number of hydrogen-bond acceptors (Lipinski definition) is 2. The number of aromatic nitrogens is 1. The first-order valence-corrected chi connectivity index (χ1v) is 10.1. The van der Waals surface area contributed by atoms with Crippen LogP contribution in [-0.2, 0) is 23.1 Å². The van der Waals surface area contributed by atoms with Crippen LogP contribution in [0.2, 0.25) is 0 Å². The van der Waals surface area contributed by atoms with Gasteiger partial charge in [0.1, 0.15) is 0 Å². The molecule has 1 fully saturated rings. The summed E-state index contributed by atoms with van der Waals surface area (Å²) in [4.78, 5) is 29.2. The van der Waals surface area contributed by atoms with E-state index in [1.165, 1.54) is 5.52 Å². The summed E-state index contributed by atoms with van der Waals surface area (Å²) >= 11 is 0. The summed E-state index contributed by atoms with van der Waals surface area (Å²) in [6.45, 7) is 6.98. The molecule has 5 heteroatoms. The predicted octanol–water partition coefficient (Wildman–Crippen LogP) is 3.28. The van der Waals surface area contributed by atoms with E-state index in [1.807, 2.05) is 21.9 Å². The van der Waals surface area contributed by atoms with E-state index in [1.54, 1.807) is 0 Å². The van der Waals surface area contributed by atoms with Gasteiger partial charge < -0.3 is 14.4 Å². The second kappa shape index (κ2) is 8.59. The van der Waals surface area contributed by atoms with Gasteiger partial charge in [-0.3, -0.25) is 9.59 Å². The molecule has 1 saturated heterocycles. The van der Waals surface area contributed by atoms with E-state index in [0.29, 0.717) is 25.9 Å². The molecule has 1 aliphatic heterocycles. The Morgan fingerprint density at radius 1 is 1.00 bits per heavy atom. The Hall–Kier alpha value is -2.30. The van der Waals surface area contributed by atoms with E-state index in [-0.39, 0.29) is 11.8 Å². The van der Waals surface area contributed by atoms with Crippen molar-refractivity contribution in [2.45, 2.75) is 46.0 Å². The first-order chi connectivity index (χ1) is 13.0. The lowest BCUT2D eigenvalue weighted by Crippen LogP contribution is -2.38. The maximum absolute atomic E-state index is 13.0. The van der Waals surface area contributed by atoms with E-state index >= 15 is 0 Å². The second-order valence-electron chi connectivity index (χ2n) is 7.54. The molecular formula is C22H31N3O2. The molecule has 0 atom stereocenters. The van der Waals surface area contributed by atoms with E-state index in [2.05, 4.69) is 37.6 Å². The summed E-state index contributed by atoms with van der Waals surface area (Å²) in [5.41, 5.74) is 3.44. The highest BCUT2D eigenvalue weighted by atomic mass is 16.2. The quantitative estimate of drug-likeness (QED) is 0.812. The molecule has 0 N–H and O–H groups in total. The van der Waals surface area contributed by atoms with E-state index < -0.39 is 0 Å². The first-order valence-electron chi connectivity index (χ1n) is 10.1. The standard InChI is InChI=1S/C22H31N3O2/c1-4-5-11-21(26)24-12-8-13-25(15-14-24)22(27)16-19-17(2)23(3)20-10-7-6-9-18(19)20/h6-7,9-10H,4-5,8,11-16H2,1-3H3. The number of carbonyl (C=O) groups excluding carboxylic acids is 2. The number of benzene rings is 1. The fraction of sp³-hybridized carbons (Fsp3) is 0.545. The van der Waals surface area contributed by atoms with Crippen molar-refractivity contribution in [3.63, 3.8) is 0 Å². The molecule has 1 aliphatic rings. The molecule has 2 aromatic rings. The first kappa shape index (κ1) is 19.5. The molecule has 1 aromatic carbocycles. The third-order valence-electron chi connectivity index (χ3n) is 5.80. The number of carbonyl (C=O) groups is 2. The van der Waals surface area contributed by atoms with Crippen LogP contribution < -0.4 is 0 Å². The molecule has 1 aromatic heterocycles. The third-order valence-corrected chi connectivity index (χ3v) is 5.80. The Morgan fingerprint density at radius 3 is 2.37 bits per heavy atom. The van der Waals surface area contributed by atoms with Crippen LogP contribution in [-0.4, -0.2) is 52.4 Å². The lowest BCUT2D eigenvalue weighted by molar-refractivity contribution is -0.133. The zero-order valence-electron chi connectivity index (χ0n) is 16.8. The van der Waals surface area contributed by atoms with Gasteiger partial charge in [-0.2, -0.15) is 0 Å². The van der Waals surface area contributed by atoms with Gasteiger partial charge in [0.05, 0.1) is 6.42 Å². The summed E-state index contributed by atoms with van der Waals surface area (Å²) in [6.07, 6.45) is 3.89. The summed E-state index contributed by atoms with van der Waals surface area (Å²) in [6, 6.07) is 8.26. The van der Waals surface area contributed by atoms with Gasteiger partial charge in [0.25, 0.3) is 0 Å². The van der Waals surface area contributed by atoms with Gasteiger partial charge in [-0.25, -0.2) is 0 Å². The number of nitrogens with zero attached hydrogens (tertiary/aromatic N) is 3. The Kier molecular flexibility index (Phi) is 6.19. The van der Waals surface area contributed by atoms with Crippen LogP contribution in [0.4, 0.5) is 0 Å². The van der Waals surface area contributed by atoms with Gasteiger partial charge in [-0.1, -0.05) is 31.5 Å². The Bertz CT molecular complexity index is 824. The summed E-state index contributed by atoms with van der Waals surface area (Å²) in [5, 5.41) is 1.16. The Balaban J connectivity index is 1.67. The molecule has 2 amide bonds. The molecule has 27 heavy (non-hydrogen) atoms. The minimum Gasteiger partial charge on any atom is -0.348 e. The van der Waals surface area contributed by atoms with Gasteiger partial charge in [0.2, 0.25) is 11.8 Å². The number of amides is 2. The maximum atomic E-state index is 13.0. The van der Waals surface area contributed by atoms with Crippen molar-refractivity contribution in [3.05, 3.63) is 35.5 Å². The van der Waals surface area contributed by atoms with Crippen LogP contribution in [0.15, 0.2) is 24.3 Å². The molecule has 146 valence electrons. The predicted molar refractivity (Wildman–Crippen MR) is 109 cm³/mol. The van der Waals surface area contributed by atoms with Crippen LogP contribution in [0.1, 0.15) is 43.9 Å². The summed E-state index contributed by atoms with van der Waals surface area (Å²) < 4.78 is 2.16. The van der Waals surface area contributed by atoms with Crippen LogP contribution in [0.25, 0.3) is 10.9 Å². The van der Waals surface area contributed by atoms with Crippen LogP contribution >= 0.6 is 0 Å². The van der Waals surface area contributed by atoms with E-state index in [0.717, 1.165) is 49.0 Å². The molecule has 2 heterocycles. The number of unbranched alkanes of at least 4 members (excludes halogenated alkanes) is 1. The zero-order chi connectivity index (χ0) is 19.4. The van der Waals surface area contributed by atoms with Crippen LogP contribution in [0, 0.1) is 6.92 Å². The largest absolute Gasteiger partial charge is 0.348 e. The molecule has 0 unspecified atom stereocenters.